The summed E-state index contributed by atoms with van der Waals surface area (Å²) in [4.78, 5) is 19.0. The number of piperidine rings is 1. The number of hydrogen-bond donors (Lipinski definition) is 1. The molecule has 5 rings (SSSR count). The lowest BCUT2D eigenvalue weighted by atomic mass is 9.96. The third kappa shape index (κ3) is 4.42. The van der Waals surface area contributed by atoms with Gasteiger partial charge in [0.15, 0.2) is 0 Å². The summed E-state index contributed by atoms with van der Waals surface area (Å²) in [5, 5.41) is 13.7. The normalized spacial score (nSPS) is 18.3. The van der Waals surface area contributed by atoms with Crippen LogP contribution in [0.3, 0.4) is 0 Å². The maximum Gasteiger partial charge on any atom is 0.317 e. The monoisotopic (exact) mass is 450 g/mol. The summed E-state index contributed by atoms with van der Waals surface area (Å²) < 4.78 is 1.99. The van der Waals surface area contributed by atoms with Gasteiger partial charge in [-0.05, 0) is 41.8 Å². The van der Waals surface area contributed by atoms with E-state index in [2.05, 4.69) is 56.1 Å². The molecule has 168 valence electrons. The first kappa shape index (κ1) is 21.2. The molecule has 4 heterocycles. The van der Waals surface area contributed by atoms with Crippen molar-refractivity contribution in [3.05, 3.63) is 69.9 Å². The van der Waals surface area contributed by atoms with Crippen LogP contribution in [0.2, 0.25) is 0 Å². The predicted molar refractivity (Wildman–Crippen MR) is 126 cm³/mol. The first-order valence-corrected chi connectivity index (χ1v) is 12.3. The van der Waals surface area contributed by atoms with Crippen molar-refractivity contribution in [3.63, 3.8) is 0 Å². The number of nitrogens with one attached hydrogen (secondary N) is 1. The lowest BCUT2D eigenvalue weighted by molar-refractivity contribution is 0.159. The smallest absolute Gasteiger partial charge is 0.317 e. The molecule has 0 bridgehead atoms. The van der Waals surface area contributed by atoms with Gasteiger partial charge in [0.2, 0.25) is 0 Å². The second kappa shape index (κ2) is 9.42. The van der Waals surface area contributed by atoms with E-state index in [9.17, 15) is 4.79 Å². The van der Waals surface area contributed by atoms with Gasteiger partial charge < -0.3 is 14.8 Å². The average Bonchev–Trinajstić information content (AvgIpc) is 3.48. The molecule has 1 aromatic carbocycles. The molecule has 2 aromatic heterocycles. The van der Waals surface area contributed by atoms with Crippen molar-refractivity contribution >= 4 is 17.4 Å². The first-order chi connectivity index (χ1) is 15.7. The summed E-state index contributed by atoms with van der Waals surface area (Å²) in [6.45, 7) is 4.08. The highest BCUT2D eigenvalue weighted by Crippen LogP contribution is 2.30. The van der Waals surface area contributed by atoms with Crippen molar-refractivity contribution in [1.29, 1.82) is 0 Å². The largest absolute Gasteiger partial charge is 0.336 e. The minimum atomic E-state index is 0.0376. The van der Waals surface area contributed by atoms with Crippen LogP contribution in [0.5, 0.6) is 0 Å². The zero-order valence-corrected chi connectivity index (χ0v) is 19.3. The molecule has 0 spiro atoms. The number of likely N-dealkylation sites (tertiary alicyclic amines) is 1. The van der Waals surface area contributed by atoms with E-state index >= 15 is 0 Å². The number of nitrogens with zero attached hydrogens (tertiary/aromatic N) is 5. The molecular weight excluding hydrogens is 420 g/mol. The van der Waals surface area contributed by atoms with Crippen LogP contribution in [0.25, 0.3) is 0 Å². The summed E-state index contributed by atoms with van der Waals surface area (Å²) in [5.74, 6) is 1.39. The van der Waals surface area contributed by atoms with Crippen LogP contribution in [-0.2, 0) is 20.0 Å². The Balaban J connectivity index is 1.21. The zero-order valence-electron chi connectivity index (χ0n) is 18.5. The van der Waals surface area contributed by atoms with Crippen molar-refractivity contribution in [2.24, 2.45) is 7.05 Å². The number of carbonyl (C=O) groups is 1. The molecule has 1 unspecified atom stereocenters. The first-order valence-electron chi connectivity index (χ1n) is 11.4. The van der Waals surface area contributed by atoms with Crippen molar-refractivity contribution in [3.8, 4) is 0 Å². The van der Waals surface area contributed by atoms with E-state index in [0.717, 1.165) is 51.3 Å². The number of thiophene rings is 1. The summed E-state index contributed by atoms with van der Waals surface area (Å²) >= 11 is 1.86. The third-order valence-electron chi connectivity index (χ3n) is 6.80. The minimum absolute atomic E-state index is 0.0376. The van der Waals surface area contributed by atoms with Gasteiger partial charge in [-0.1, -0.05) is 30.3 Å². The third-order valence-corrected chi connectivity index (χ3v) is 7.83. The molecular formula is C24H30N6OS. The van der Waals surface area contributed by atoms with Crippen molar-refractivity contribution < 1.29 is 4.79 Å². The SMILES string of the molecule is Cn1cnnc1C1CCN(C(=O)NCC(c2ccccc2)N2CCc3sccc3C2)CC1. The van der Waals surface area contributed by atoms with Gasteiger partial charge in [0.25, 0.3) is 0 Å². The average molecular weight is 451 g/mol. The van der Waals surface area contributed by atoms with Crippen LogP contribution in [-0.4, -0.2) is 56.8 Å². The quantitative estimate of drug-likeness (QED) is 0.645. The Morgan fingerprint density at radius 2 is 2.00 bits per heavy atom. The number of benzene rings is 1. The van der Waals surface area contributed by atoms with Crippen LogP contribution >= 0.6 is 11.3 Å². The molecule has 1 N–H and O–H groups in total. The van der Waals surface area contributed by atoms with E-state index in [1.165, 1.54) is 16.0 Å². The van der Waals surface area contributed by atoms with Gasteiger partial charge in [-0.25, -0.2) is 4.79 Å². The van der Waals surface area contributed by atoms with E-state index in [0.29, 0.717) is 12.5 Å². The number of hydrogen-bond acceptors (Lipinski definition) is 5. The Kier molecular flexibility index (Phi) is 6.23. The molecule has 7 nitrogen and oxygen atoms in total. The summed E-state index contributed by atoms with van der Waals surface area (Å²) in [6.07, 6.45) is 4.68. The molecule has 1 atom stereocenters. The number of urea groups is 1. The molecule has 2 aliphatic heterocycles. The molecule has 8 heteroatoms. The van der Waals surface area contributed by atoms with Gasteiger partial charge in [0.05, 0.1) is 6.04 Å². The Hall–Kier alpha value is -2.71. The number of aryl methyl sites for hydroxylation is 1. The lowest BCUT2D eigenvalue weighted by Crippen LogP contribution is -2.47. The number of amides is 2. The number of carbonyl (C=O) groups excluding carboxylic acids is 1. The van der Waals surface area contributed by atoms with Crippen LogP contribution in [0, 0.1) is 0 Å². The van der Waals surface area contributed by atoms with Crippen molar-refractivity contribution in [2.45, 2.75) is 37.8 Å². The molecule has 2 aliphatic rings. The standard InChI is InChI=1S/C24H30N6OS/c1-28-17-26-27-23(28)19-7-11-29(12-8-19)24(31)25-15-21(18-5-3-2-4-6-18)30-13-9-22-20(16-30)10-14-32-22/h2-6,10,14,17,19,21H,7-9,11-13,15-16H2,1H3,(H,25,31). The maximum atomic E-state index is 13.0. The zero-order chi connectivity index (χ0) is 21.9. The van der Waals surface area contributed by atoms with E-state index in [1.807, 2.05) is 33.9 Å². The number of fused-ring (bicyclic) bond motifs is 1. The van der Waals surface area contributed by atoms with Gasteiger partial charge in [0, 0.05) is 50.6 Å². The Morgan fingerprint density at radius 1 is 1.19 bits per heavy atom. The molecule has 0 aliphatic carbocycles. The highest BCUT2D eigenvalue weighted by atomic mass is 32.1. The van der Waals surface area contributed by atoms with E-state index in [4.69, 9.17) is 0 Å². The van der Waals surface area contributed by atoms with Gasteiger partial charge in [0.1, 0.15) is 12.2 Å². The second-order valence-electron chi connectivity index (χ2n) is 8.76. The summed E-state index contributed by atoms with van der Waals surface area (Å²) in [5.41, 5.74) is 2.69. The number of aromatic nitrogens is 3. The fraction of sp³-hybridized carbons (Fsp3) is 0.458. The number of rotatable bonds is 5. The summed E-state index contributed by atoms with van der Waals surface area (Å²) in [7, 11) is 1.98. The van der Waals surface area contributed by atoms with E-state index < -0.39 is 0 Å². The highest BCUT2D eigenvalue weighted by molar-refractivity contribution is 7.10. The Morgan fingerprint density at radius 3 is 2.75 bits per heavy atom. The summed E-state index contributed by atoms with van der Waals surface area (Å²) in [6, 6.07) is 13.0. The van der Waals surface area contributed by atoms with Crippen molar-refractivity contribution in [1.82, 2.24) is 29.9 Å². The topological polar surface area (TPSA) is 66.3 Å². The minimum Gasteiger partial charge on any atom is -0.336 e. The predicted octanol–water partition coefficient (Wildman–Crippen LogP) is 3.57. The molecule has 1 fully saturated rings. The molecule has 2 amide bonds. The fourth-order valence-electron chi connectivity index (χ4n) is 4.97. The second-order valence-corrected chi connectivity index (χ2v) is 9.76. The van der Waals surface area contributed by atoms with Crippen LogP contribution in [0.4, 0.5) is 4.79 Å². The highest BCUT2D eigenvalue weighted by Gasteiger charge is 2.29. The van der Waals surface area contributed by atoms with Crippen LogP contribution in [0.15, 0.2) is 48.1 Å². The van der Waals surface area contributed by atoms with Gasteiger partial charge in [-0.2, -0.15) is 0 Å². The molecule has 3 aromatic rings. The maximum absolute atomic E-state index is 13.0. The van der Waals surface area contributed by atoms with E-state index in [-0.39, 0.29) is 12.1 Å². The Bertz CT molecular complexity index is 1040. The molecule has 1 saturated heterocycles. The molecule has 32 heavy (non-hydrogen) atoms. The van der Waals surface area contributed by atoms with Gasteiger partial charge in [-0.3, -0.25) is 4.90 Å². The molecule has 0 radical (unpaired) electrons. The molecule has 0 saturated carbocycles. The fourth-order valence-corrected chi connectivity index (χ4v) is 5.86. The van der Waals surface area contributed by atoms with Gasteiger partial charge >= 0.3 is 6.03 Å². The van der Waals surface area contributed by atoms with Crippen LogP contribution in [0.1, 0.15) is 46.6 Å². The van der Waals surface area contributed by atoms with Crippen molar-refractivity contribution in [2.75, 3.05) is 26.2 Å². The van der Waals surface area contributed by atoms with Crippen LogP contribution < -0.4 is 5.32 Å². The lowest BCUT2D eigenvalue weighted by Gasteiger charge is -2.36. The van der Waals surface area contributed by atoms with E-state index in [1.54, 1.807) is 6.33 Å². The van der Waals surface area contributed by atoms with Gasteiger partial charge in [-0.15, -0.1) is 21.5 Å². The Labute approximate surface area is 193 Å².